The SMILES string of the molecule is CCCc1[nH]n(-c2nc3ccccc3s2)c(=O)c1C(C)=Nc1ccc(C)cc1. The van der Waals surface area contributed by atoms with Crippen molar-refractivity contribution in [3.63, 3.8) is 0 Å². The van der Waals surface area contributed by atoms with E-state index in [1.807, 2.05) is 62.4 Å². The number of fused-ring (bicyclic) bond motifs is 1. The molecule has 142 valence electrons. The van der Waals surface area contributed by atoms with Gasteiger partial charge in [0, 0.05) is 5.69 Å². The van der Waals surface area contributed by atoms with E-state index in [0.717, 1.165) is 34.4 Å². The Bertz CT molecular complexity index is 1180. The van der Waals surface area contributed by atoms with Crippen LogP contribution in [0.3, 0.4) is 0 Å². The highest BCUT2D eigenvalue weighted by atomic mass is 32.1. The average Bonchev–Trinajstić information content (AvgIpc) is 3.24. The first kappa shape index (κ1) is 18.4. The maximum Gasteiger partial charge on any atom is 0.282 e. The fraction of sp³-hybridized carbons (Fsp3) is 0.227. The minimum absolute atomic E-state index is 0.101. The van der Waals surface area contributed by atoms with Gasteiger partial charge in [0.2, 0.25) is 5.13 Å². The normalized spacial score (nSPS) is 12.0. The molecule has 0 amide bonds. The number of aromatic amines is 1. The minimum Gasteiger partial charge on any atom is -0.292 e. The summed E-state index contributed by atoms with van der Waals surface area (Å²) in [7, 11) is 0. The van der Waals surface area contributed by atoms with Crippen LogP contribution in [-0.2, 0) is 6.42 Å². The van der Waals surface area contributed by atoms with Crippen LogP contribution in [0, 0.1) is 6.92 Å². The Morgan fingerprint density at radius 3 is 2.64 bits per heavy atom. The van der Waals surface area contributed by atoms with Crippen LogP contribution < -0.4 is 5.56 Å². The second-order valence-corrected chi connectivity index (χ2v) is 7.86. The van der Waals surface area contributed by atoms with E-state index < -0.39 is 0 Å². The number of H-pyrrole nitrogens is 1. The zero-order valence-corrected chi connectivity index (χ0v) is 17.0. The Morgan fingerprint density at radius 1 is 1.18 bits per heavy atom. The van der Waals surface area contributed by atoms with Crippen LogP contribution in [0.1, 0.15) is 37.1 Å². The van der Waals surface area contributed by atoms with Crippen LogP contribution in [0.25, 0.3) is 15.3 Å². The van der Waals surface area contributed by atoms with E-state index in [1.54, 1.807) is 4.68 Å². The summed E-state index contributed by atoms with van der Waals surface area (Å²) in [5.41, 5.74) is 5.08. The molecule has 5 nitrogen and oxygen atoms in total. The zero-order chi connectivity index (χ0) is 19.7. The van der Waals surface area contributed by atoms with Gasteiger partial charge in [-0.25, -0.2) is 4.98 Å². The Balaban J connectivity index is 1.82. The quantitative estimate of drug-likeness (QED) is 0.477. The Labute approximate surface area is 167 Å². The number of para-hydroxylation sites is 1. The molecule has 0 radical (unpaired) electrons. The maximum atomic E-state index is 13.2. The van der Waals surface area contributed by atoms with Crippen molar-refractivity contribution in [1.29, 1.82) is 0 Å². The molecule has 0 fully saturated rings. The van der Waals surface area contributed by atoms with Crippen LogP contribution in [0.2, 0.25) is 0 Å². The molecule has 0 unspecified atom stereocenters. The summed E-state index contributed by atoms with van der Waals surface area (Å²) in [4.78, 5) is 22.6. The third kappa shape index (κ3) is 3.43. The molecule has 0 spiro atoms. The lowest BCUT2D eigenvalue weighted by Crippen LogP contribution is -2.19. The number of aryl methyl sites for hydroxylation is 2. The number of hydrogen-bond acceptors (Lipinski definition) is 4. The first-order valence-electron chi connectivity index (χ1n) is 9.39. The molecular weight excluding hydrogens is 368 g/mol. The van der Waals surface area contributed by atoms with Crippen molar-refractivity contribution in [3.8, 4) is 5.13 Å². The highest BCUT2D eigenvalue weighted by Crippen LogP contribution is 2.24. The Morgan fingerprint density at radius 2 is 1.93 bits per heavy atom. The topological polar surface area (TPSA) is 63.0 Å². The van der Waals surface area contributed by atoms with E-state index in [-0.39, 0.29) is 5.56 Å². The van der Waals surface area contributed by atoms with Crippen molar-refractivity contribution in [1.82, 2.24) is 14.8 Å². The van der Waals surface area contributed by atoms with Gasteiger partial charge in [-0.2, -0.15) is 4.68 Å². The van der Waals surface area contributed by atoms with Crippen LogP contribution in [0.4, 0.5) is 5.69 Å². The van der Waals surface area contributed by atoms with Gasteiger partial charge in [0.25, 0.3) is 5.56 Å². The summed E-state index contributed by atoms with van der Waals surface area (Å²) in [6.07, 6.45) is 1.72. The van der Waals surface area contributed by atoms with Gasteiger partial charge in [-0.15, -0.1) is 0 Å². The summed E-state index contributed by atoms with van der Waals surface area (Å²) in [5, 5.41) is 3.93. The predicted molar refractivity (Wildman–Crippen MR) is 117 cm³/mol. The van der Waals surface area contributed by atoms with E-state index in [9.17, 15) is 4.79 Å². The van der Waals surface area contributed by atoms with E-state index in [4.69, 9.17) is 4.99 Å². The monoisotopic (exact) mass is 390 g/mol. The molecular formula is C22H22N4OS. The van der Waals surface area contributed by atoms with Crippen molar-refractivity contribution in [3.05, 3.63) is 75.7 Å². The number of nitrogens with one attached hydrogen (secondary N) is 1. The van der Waals surface area contributed by atoms with Gasteiger partial charge in [0.15, 0.2) is 0 Å². The zero-order valence-electron chi connectivity index (χ0n) is 16.2. The number of benzene rings is 2. The van der Waals surface area contributed by atoms with Crippen LogP contribution in [-0.4, -0.2) is 20.5 Å². The molecule has 2 aromatic carbocycles. The lowest BCUT2D eigenvalue weighted by atomic mass is 10.1. The van der Waals surface area contributed by atoms with Gasteiger partial charge in [-0.05, 0) is 44.5 Å². The van der Waals surface area contributed by atoms with Crippen molar-refractivity contribution in [2.45, 2.75) is 33.6 Å². The molecule has 2 heterocycles. The number of rotatable bonds is 5. The molecule has 4 aromatic rings. The summed E-state index contributed by atoms with van der Waals surface area (Å²) in [6.45, 7) is 6.04. The number of hydrogen-bond donors (Lipinski definition) is 1. The molecule has 0 aliphatic carbocycles. The van der Waals surface area contributed by atoms with Gasteiger partial charge >= 0.3 is 0 Å². The molecule has 4 rings (SSSR count). The molecule has 6 heteroatoms. The van der Waals surface area contributed by atoms with E-state index in [2.05, 4.69) is 17.0 Å². The van der Waals surface area contributed by atoms with Gasteiger partial charge in [0.05, 0.1) is 27.2 Å². The lowest BCUT2D eigenvalue weighted by Gasteiger charge is -2.01. The largest absolute Gasteiger partial charge is 0.292 e. The smallest absolute Gasteiger partial charge is 0.282 e. The maximum absolute atomic E-state index is 13.2. The second-order valence-electron chi connectivity index (χ2n) is 6.85. The summed E-state index contributed by atoms with van der Waals surface area (Å²) in [6, 6.07) is 15.9. The minimum atomic E-state index is -0.101. The van der Waals surface area contributed by atoms with E-state index >= 15 is 0 Å². The summed E-state index contributed by atoms with van der Waals surface area (Å²) in [5.74, 6) is 0. The fourth-order valence-corrected chi connectivity index (χ4v) is 4.17. The van der Waals surface area contributed by atoms with E-state index in [1.165, 1.54) is 16.9 Å². The summed E-state index contributed by atoms with van der Waals surface area (Å²) >= 11 is 1.50. The molecule has 28 heavy (non-hydrogen) atoms. The third-order valence-electron chi connectivity index (χ3n) is 4.63. The Hall–Kier alpha value is -2.99. The fourth-order valence-electron chi connectivity index (χ4n) is 3.25. The standard InChI is InChI=1S/C22H22N4OS/c1-4-7-18-20(15(3)23-16-12-10-14(2)11-13-16)21(27)26(25-18)22-24-17-8-5-6-9-19(17)28-22/h5-6,8-13,25H,4,7H2,1-3H3. The Kier molecular flexibility index (Phi) is 4.96. The highest BCUT2D eigenvalue weighted by Gasteiger charge is 2.19. The number of thiazole rings is 1. The molecule has 0 saturated heterocycles. The average molecular weight is 391 g/mol. The second kappa shape index (κ2) is 7.56. The molecule has 2 aromatic heterocycles. The molecule has 1 N–H and O–H groups in total. The summed E-state index contributed by atoms with van der Waals surface area (Å²) < 4.78 is 2.61. The van der Waals surface area contributed by atoms with Gasteiger partial charge in [-0.1, -0.05) is 54.5 Å². The number of nitrogens with zero attached hydrogens (tertiary/aromatic N) is 3. The molecule has 0 aliphatic rings. The van der Waals surface area contributed by atoms with E-state index in [0.29, 0.717) is 16.4 Å². The van der Waals surface area contributed by atoms with Crippen LogP contribution >= 0.6 is 11.3 Å². The van der Waals surface area contributed by atoms with Gasteiger partial charge in [-0.3, -0.25) is 14.9 Å². The molecule has 0 atom stereocenters. The highest BCUT2D eigenvalue weighted by molar-refractivity contribution is 7.20. The third-order valence-corrected chi connectivity index (χ3v) is 5.65. The number of aromatic nitrogens is 3. The first-order chi connectivity index (χ1) is 13.6. The van der Waals surface area contributed by atoms with Crippen LogP contribution in [0.5, 0.6) is 0 Å². The van der Waals surface area contributed by atoms with Gasteiger partial charge < -0.3 is 0 Å². The molecule has 0 saturated carbocycles. The van der Waals surface area contributed by atoms with Crippen LogP contribution in [0.15, 0.2) is 58.3 Å². The van der Waals surface area contributed by atoms with Gasteiger partial charge in [0.1, 0.15) is 0 Å². The number of aliphatic imine (C=N–C) groups is 1. The first-order valence-corrected chi connectivity index (χ1v) is 10.2. The predicted octanol–water partition coefficient (Wildman–Crippen LogP) is 5.18. The van der Waals surface area contributed by atoms with Crippen molar-refractivity contribution < 1.29 is 0 Å². The molecule has 0 aliphatic heterocycles. The lowest BCUT2D eigenvalue weighted by molar-refractivity contribution is 0.790. The van der Waals surface area contributed by atoms with Crippen molar-refractivity contribution in [2.24, 2.45) is 4.99 Å². The van der Waals surface area contributed by atoms with Crippen molar-refractivity contribution in [2.75, 3.05) is 0 Å². The molecule has 0 bridgehead atoms. The van der Waals surface area contributed by atoms with Crippen molar-refractivity contribution >= 4 is 33.0 Å².